The van der Waals surface area contributed by atoms with Crippen molar-refractivity contribution in [3.8, 4) is 5.75 Å². The second-order valence-corrected chi connectivity index (χ2v) is 9.14. The predicted molar refractivity (Wildman–Crippen MR) is 122 cm³/mol. The Kier molecular flexibility index (Phi) is 7.08. The highest BCUT2D eigenvalue weighted by molar-refractivity contribution is 7.12. The Balaban J connectivity index is 1.30. The lowest BCUT2D eigenvalue weighted by Crippen LogP contribution is -2.48. The lowest BCUT2D eigenvalue weighted by molar-refractivity contribution is 0.0631. The maximum Gasteiger partial charge on any atom is 0.264 e. The quantitative estimate of drug-likeness (QED) is 0.469. The van der Waals surface area contributed by atoms with E-state index in [1.165, 1.54) is 17.4 Å². The third kappa shape index (κ3) is 5.28. The van der Waals surface area contributed by atoms with E-state index < -0.39 is 11.6 Å². The molecule has 1 saturated heterocycles. The smallest absolute Gasteiger partial charge is 0.264 e. The first kappa shape index (κ1) is 22.7. The Bertz CT molecular complexity index is 1110. The zero-order valence-electron chi connectivity index (χ0n) is 17.6. The number of piperazine rings is 1. The molecule has 0 aliphatic carbocycles. The van der Waals surface area contributed by atoms with Crippen molar-refractivity contribution in [1.82, 2.24) is 9.80 Å². The summed E-state index contributed by atoms with van der Waals surface area (Å²) in [6.07, 6.45) is 0. The topological polar surface area (TPSA) is 32.8 Å². The molecule has 2 aromatic carbocycles. The van der Waals surface area contributed by atoms with Crippen molar-refractivity contribution in [2.24, 2.45) is 0 Å². The highest BCUT2D eigenvalue weighted by Gasteiger charge is 2.24. The van der Waals surface area contributed by atoms with E-state index in [4.69, 9.17) is 16.3 Å². The van der Waals surface area contributed by atoms with Crippen molar-refractivity contribution in [2.45, 2.75) is 20.1 Å². The van der Waals surface area contributed by atoms with E-state index in [1.54, 1.807) is 17.0 Å². The zero-order chi connectivity index (χ0) is 22.7. The minimum Gasteiger partial charge on any atom is -0.487 e. The Hall–Kier alpha value is -2.48. The minimum absolute atomic E-state index is 0.0218. The molecule has 0 spiro atoms. The van der Waals surface area contributed by atoms with Gasteiger partial charge in [0.25, 0.3) is 5.91 Å². The molecule has 1 amide bonds. The summed E-state index contributed by atoms with van der Waals surface area (Å²) < 4.78 is 33.2. The first-order valence-electron chi connectivity index (χ1n) is 10.3. The van der Waals surface area contributed by atoms with Crippen molar-refractivity contribution < 1.29 is 18.3 Å². The molecular weight excluding hydrogens is 454 g/mol. The molecule has 0 N–H and O–H groups in total. The molecule has 8 heteroatoms. The maximum atomic E-state index is 13.9. The van der Waals surface area contributed by atoms with Gasteiger partial charge in [0.05, 0.1) is 9.90 Å². The zero-order valence-corrected chi connectivity index (χ0v) is 19.2. The fourth-order valence-electron chi connectivity index (χ4n) is 3.62. The Labute approximate surface area is 195 Å². The first-order chi connectivity index (χ1) is 15.4. The summed E-state index contributed by atoms with van der Waals surface area (Å²) in [7, 11) is 0. The Morgan fingerprint density at radius 1 is 1.12 bits per heavy atom. The van der Waals surface area contributed by atoms with Crippen LogP contribution in [0.3, 0.4) is 0 Å². The van der Waals surface area contributed by atoms with Gasteiger partial charge in [-0.15, -0.1) is 11.3 Å². The van der Waals surface area contributed by atoms with Gasteiger partial charge in [0, 0.05) is 43.9 Å². The van der Waals surface area contributed by atoms with Crippen LogP contribution in [-0.2, 0) is 13.2 Å². The lowest BCUT2D eigenvalue weighted by Gasteiger charge is -2.34. The molecule has 4 nitrogen and oxygen atoms in total. The van der Waals surface area contributed by atoms with Crippen LogP contribution in [0.4, 0.5) is 8.78 Å². The Morgan fingerprint density at radius 2 is 1.91 bits per heavy atom. The average molecular weight is 477 g/mol. The first-order valence-corrected chi connectivity index (χ1v) is 11.6. The second kappa shape index (κ2) is 9.98. The van der Waals surface area contributed by atoms with Gasteiger partial charge in [0.2, 0.25) is 0 Å². The number of amides is 1. The fourth-order valence-corrected chi connectivity index (χ4v) is 4.66. The van der Waals surface area contributed by atoms with E-state index >= 15 is 0 Å². The van der Waals surface area contributed by atoms with Crippen LogP contribution in [-0.4, -0.2) is 41.9 Å². The normalized spacial score (nSPS) is 14.6. The summed E-state index contributed by atoms with van der Waals surface area (Å²) in [4.78, 5) is 17.4. The summed E-state index contributed by atoms with van der Waals surface area (Å²) in [5.74, 6) is -1.03. The summed E-state index contributed by atoms with van der Waals surface area (Å²) in [5.41, 5.74) is 2.31. The van der Waals surface area contributed by atoms with Crippen LogP contribution in [0.2, 0.25) is 5.02 Å². The molecule has 32 heavy (non-hydrogen) atoms. The molecule has 4 rings (SSSR count). The number of carbonyl (C=O) groups excluding carboxylic acids is 1. The van der Waals surface area contributed by atoms with Crippen LogP contribution in [0.1, 0.15) is 26.4 Å². The fraction of sp³-hybridized carbons (Fsp3) is 0.292. The van der Waals surface area contributed by atoms with E-state index in [0.29, 0.717) is 60.5 Å². The summed E-state index contributed by atoms with van der Waals surface area (Å²) in [6.45, 7) is 4.92. The molecule has 0 radical (unpaired) electrons. The van der Waals surface area contributed by atoms with E-state index in [0.717, 1.165) is 17.2 Å². The van der Waals surface area contributed by atoms with Crippen molar-refractivity contribution in [2.75, 3.05) is 26.2 Å². The lowest BCUT2D eigenvalue weighted by atomic mass is 10.1. The number of halogens is 3. The number of thiophene rings is 1. The highest BCUT2D eigenvalue weighted by Crippen LogP contribution is 2.27. The third-order valence-corrected chi connectivity index (χ3v) is 6.71. The molecule has 1 aliphatic heterocycles. The largest absolute Gasteiger partial charge is 0.487 e. The number of aryl methyl sites for hydroxylation is 1. The van der Waals surface area contributed by atoms with E-state index in [9.17, 15) is 13.6 Å². The van der Waals surface area contributed by atoms with Crippen LogP contribution in [0.25, 0.3) is 0 Å². The Morgan fingerprint density at radius 3 is 2.69 bits per heavy atom. The van der Waals surface area contributed by atoms with E-state index in [1.807, 2.05) is 35.4 Å². The molecule has 2 heterocycles. The molecule has 168 valence electrons. The molecule has 1 fully saturated rings. The summed E-state index contributed by atoms with van der Waals surface area (Å²) >= 11 is 7.56. The van der Waals surface area contributed by atoms with Gasteiger partial charge in [0.15, 0.2) is 11.6 Å². The number of hydrogen-bond acceptors (Lipinski definition) is 4. The van der Waals surface area contributed by atoms with Gasteiger partial charge in [-0.2, -0.15) is 0 Å². The molecule has 1 aliphatic rings. The molecule has 0 saturated carbocycles. The molecule has 0 unspecified atom stereocenters. The highest BCUT2D eigenvalue weighted by atomic mass is 35.5. The van der Waals surface area contributed by atoms with Crippen LogP contribution in [0.15, 0.2) is 47.8 Å². The van der Waals surface area contributed by atoms with Gasteiger partial charge < -0.3 is 9.64 Å². The summed E-state index contributed by atoms with van der Waals surface area (Å²) in [6, 6.07) is 11.7. The van der Waals surface area contributed by atoms with Gasteiger partial charge in [-0.05, 0) is 42.1 Å². The standard InChI is InChI=1S/C24H23ClF2N2O2S/c1-16-5-6-19(25)21(11-16)31-14-17-12-22(32-15-17)24(30)29-9-7-28(8-10-29)13-18-3-2-4-20(26)23(18)27/h2-6,11-12,15H,7-10,13-14H2,1H3. The third-order valence-electron chi connectivity index (χ3n) is 5.43. The van der Waals surface area contributed by atoms with Crippen LogP contribution >= 0.6 is 22.9 Å². The van der Waals surface area contributed by atoms with E-state index in [2.05, 4.69) is 0 Å². The monoisotopic (exact) mass is 476 g/mol. The van der Waals surface area contributed by atoms with Crippen molar-refractivity contribution in [1.29, 1.82) is 0 Å². The van der Waals surface area contributed by atoms with Crippen LogP contribution in [0, 0.1) is 18.6 Å². The number of benzene rings is 2. The predicted octanol–water partition coefficient (Wildman–Crippen LogP) is 5.53. The number of carbonyl (C=O) groups is 1. The van der Waals surface area contributed by atoms with Gasteiger partial charge >= 0.3 is 0 Å². The molecule has 1 aromatic heterocycles. The van der Waals surface area contributed by atoms with Gasteiger partial charge in [-0.3, -0.25) is 9.69 Å². The maximum absolute atomic E-state index is 13.9. The van der Waals surface area contributed by atoms with Gasteiger partial charge in [-0.1, -0.05) is 29.8 Å². The molecule has 0 atom stereocenters. The molecule has 0 bridgehead atoms. The number of nitrogens with zero attached hydrogens (tertiary/aromatic N) is 2. The molecular formula is C24H23ClF2N2O2S. The van der Waals surface area contributed by atoms with Gasteiger partial charge in [-0.25, -0.2) is 8.78 Å². The number of ether oxygens (including phenoxy) is 1. The van der Waals surface area contributed by atoms with E-state index in [-0.39, 0.29) is 5.91 Å². The second-order valence-electron chi connectivity index (χ2n) is 7.82. The van der Waals surface area contributed by atoms with Crippen molar-refractivity contribution in [3.63, 3.8) is 0 Å². The van der Waals surface area contributed by atoms with Crippen LogP contribution in [0.5, 0.6) is 5.75 Å². The number of hydrogen-bond donors (Lipinski definition) is 0. The SMILES string of the molecule is Cc1ccc(Cl)c(OCc2csc(C(=O)N3CCN(Cc4cccc(F)c4F)CC3)c2)c1. The molecule has 3 aromatic rings. The minimum atomic E-state index is -0.835. The van der Waals surface area contributed by atoms with Crippen molar-refractivity contribution in [3.05, 3.63) is 86.1 Å². The van der Waals surface area contributed by atoms with Crippen molar-refractivity contribution >= 4 is 28.8 Å². The van der Waals surface area contributed by atoms with Gasteiger partial charge in [0.1, 0.15) is 12.4 Å². The average Bonchev–Trinajstić information content (AvgIpc) is 3.27. The summed E-state index contributed by atoms with van der Waals surface area (Å²) in [5, 5.41) is 2.47. The number of rotatable bonds is 6. The van der Waals surface area contributed by atoms with Crippen LogP contribution < -0.4 is 4.74 Å².